The van der Waals surface area contributed by atoms with Crippen LogP contribution >= 0.6 is 43.5 Å². The first-order valence-corrected chi connectivity index (χ1v) is 7.16. The quantitative estimate of drug-likeness (QED) is 0.801. The van der Waals surface area contributed by atoms with E-state index < -0.39 is 5.91 Å². The molecule has 0 saturated carbocycles. The first kappa shape index (κ1) is 14.4. The molecular weight excluding hydrogens is 397 g/mol. The molecule has 0 aliphatic rings. The normalized spacial score (nSPS) is 10.3. The van der Waals surface area contributed by atoms with Gasteiger partial charge in [-0.05, 0) is 36.4 Å². The largest absolute Gasteiger partial charge is 0.455 e. The first-order valence-electron chi connectivity index (χ1n) is 5.19. The smallest absolute Gasteiger partial charge is 0.252 e. The van der Waals surface area contributed by atoms with Gasteiger partial charge in [-0.2, -0.15) is 0 Å². The fourth-order valence-corrected chi connectivity index (χ4v) is 2.31. The molecule has 6 heteroatoms. The van der Waals surface area contributed by atoms with E-state index in [1.165, 1.54) is 0 Å². The van der Waals surface area contributed by atoms with Crippen LogP contribution in [-0.4, -0.2) is 5.91 Å². The van der Waals surface area contributed by atoms with Crippen LogP contribution in [0.25, 0.3) is 0 Å². The van der Waals surface area contributed by atoms with E-state index in [1.807, 2.05) is 0 Å². The number of ether oxygens (including phenoxy) is 1. The van der Waals surface area contributed by atoms with Crippen LogP contribution in [0.15, 0.2) is 45.3 Å². The van der Waals surface area contributed by atoms with Gasteiger partial charge >= 0.3 is 0 Å². The molecule has 2 aromatic rings. The number of amides is 1. The lowest BCUT2D eigenvalue weighted by molar-refractivity contribution is 0.0998. The van der Waals surface area contributed by atoms with Crippen LogP contribution in [0.4, 0.5) is 0 Å². The van der Waals surface area contributed by atoms with E-state index in [1.54, 1.807) is 36.4 Å². The number of carbonyl (C=O) groups is 1. The molecule has 0 aliphatic carbocycles. The molecule has 0 spiro atoms. The van der Waals surface area contributed by atoms with Crippen LogP contribution in [0.3, 0.4) is 0 Å². The van der Waals surface area contributed by atoms with Crippen LogP contribution < -0.4 is 10.5 Å². The molecule has 0 aliphatic heterocycles. The minimum absolute atomic E-state index is 0.283. The molecule has 3 nitrogen and oxygen atoms in total. The molecule has 0 aromatic heterocycles. The second-order valence-corrected chi connectivity index (χ2v) is 5.92. The number of rotatable bonds is 3. The van der Waals surface area contributed by atoms with Gasteiger partial charge in [-0.15, -0.1) is 0 Å². The van der Waals surface area contributed by atoms with Crippen LogP contribution in [-0.2, 0) is 0 Å². The van der Waals surface area contributed by atoms with Gasteiger partial charge in [-0.3, -0.25) is 4.79 Å². The van der Waals surface area contributed by atoms with Crippen molar-refractivity contribution >= 4 is 49.4 Å². The maximum absolute atomic E-state index is 11.4. The Hall–Kier alpha value is -1.04. The fourth-order valence-electron chi connectivity index (χ4n) is 1.46. The highest BCUT2D eigenvalue weighted by Gasteiger charge is 2.12. The van der Waals surface area contributed by atoms with Gasteiger partial charge < -0.3 is 10.5 Å². The molecule has 0 saturated heterocycles. The summed E-state index contributed by atoms with van der Waals surface area (Å²) in [7, 11) is 0. The molecule has 2 aromatic carbocycles. The third-order valence-electron chi connectivity index (χ3n) is 2.32. The predicted molar refractivity (Wildman–Crippen MR) is 81.9 cm³/mol. The molecule has 0 unspecified atom stereocenters. The van der Waals surface area contributed by atoms with E-state index in [0.717, 1.165) is 8.95 Å². The van der Waals surface area contributed by atoms with Gasteiger partial charge in [-0.1, -0.05) is 43.5 Å². The predicted octanol–water partition coefficient (Wildman–Crippen LogP) is 4.76. The number of primary amides is 1. The summed E-state index contributed by atoms with van der Waals surface area (Å²) in [5, 5.41) is 0.446. The van der Waals surface area contributed by atoms with E-state index in [2.05, 4.69) is 31.9 Å². The van der Waals surface area contributed by atoms with Gasteiger partial charge in [0.25, 0.3) is 5.91 Å². The third-order valence-corrected chi connectivity index (χ3v) is 3.62. The highest BCUT2D eigenvalue weighted by molar-refractivity contribution is 9.10. The molecule has 19 heavy (non-hydrogen) atoms. The number of benzene rings is 2. The van der Waals surface area contributed by atoms with Gasteiger partial charge in [0.1, 0.15) is 11.5 Å². The van der Waals surface area contributed by atoms with Crippen molar-refractivity contribution in [2.24, 2.45) is 5.73 Å². The Morgan fingerprint density at radius 1 is 1.05 bits per heavy atom. The van der Waals surface area contributed by atoms with Crippen molar-refractivity contribution in [3.05, 3.63) is 55.9 Å². The molecule has 0 radical (unpaired) electrons. The van der Waals surface area contributed by atoms with Gasteiger partial charge in [-0.25, -0.2) is 0 Å². The maximum Gasteiger partial charge on any atom is 0.252 e. The van der Waals surface area contributed by atoms with Gasteiger partial charge in [0.15, 0.2) is 0 Å². The summed E-state index contributed by atoms with van der Waals surface area (Å²) in [5.74, 6) is 0.235. The van der Waals surface area contributed by atoms with Crippen LogP contribution in [0.2, 0.25) is 5.02 Å². The molecule has 2 N–H and O–H groups in total. The summed E-state index contributed by atoms with van der Waals surface area (Å²) in [4.78, 5) is 11.4. The van der Waals surface area contributed by atoms with Crippen molar-refractivity contribution in [3.63, 3.8) is 0 Å². The zero-order chi connectivity index (χ0) is 14.0. The summed E-state index contributed by atoms with van der Waals surface area (Å²) >= 11 is 12.6. The Balaban J connectivity index is 2.43. The number of carbonyl (C=O) groups excluding carboxylic acids is 1. The van der Waals surface area contributed by atoms with Crippen molar-refractivity contribution < 1.29 is 9.53 Å². The maximum atomic E-state index is 11.4. The summed E-state index contributed by atoms with van der Waals surface area (Å²) in [6, 6.07) is 10.2. The molecule has 2 rings (SSSR count). The summed E-state index contributed by atoms with van der Waals surface area (Å²) < 4.78 is 7.22. The monoisotopic (exact) mass is 403 g/mol. The molecule has 0 bridgehead atoms. The highest BCUT2D eigenvalue weighted by atomic mass is 79.9. The molecule has 0 fully saturated rings. The zero-order valence-corrected chi connectivity index (χ0v) is 13.4. The number of hydrogen-bond acceptors (Lipinski definition) is 2. The Kier molecular flexibility index (Phi) is 4.50. The van der Waals surface area contributed by atoms with E-state index >= 15 is 0 Å². The lowest BCUT2D eigenvalue weighted by Crippen LogP contribution is -2.12. The number of nitrogens with two attached hydrogens (primary N) is 1. The second-order valence-electron chi connectivity index (χ2n) is 3.68. The molecule has 0 heterocycles. The average molecular weight is 405 g/mol. The topological polar surface area (TPSA) is 52.3 Å². The second kappa shape index (κ2) is 5.94. The molecule has 98 valence electrons. The fraction of sp³-hybridized carbons (Fsp3) is 0. The van der Waals surface area contributed by atoms with Crippen molar-refractivity contribution in [2.75, 3.05) is 0 Å². The van der Waals surface area contributed by atoms with Gasteiger partial charge in [0, 0.05) is 8.95 Å². The van der Waals surface area contributed by atoms with Gasteiger partial charge in [0.05, 0.1) is 10.6 Å². The Labute approximate surface area is 132 Å². The lowest BCUT2D eigenvalue weighted by atomic mass is 10.2. The van der Waals surface area contributed by atoms with Crippen molar-refractivity contribution in [2.45, 2.75) is 0 Å². The van der Waals surface area contributed by atoms with Crippen LogP contribution in [0.5, 0.6) is 11.5 Å². The average Bonchev–Trinajstić information content (AvgIpc) is 2.35. The van der Waals surface area contributed by atoms with Crippen molar-refractivity contribution in [1.82, 2.24) is 0 Å². The van der Waals surface area contributed by atoms with E-state index in [0.29, 0.717) is 16.5 Å². The Bertz CT molecular complexity index is 647. The van der Waals surface area contributed by atoms with Crippen molar-refractivity contribution in [1.29, 1.82) is 0 Å². The van der Waals surface area contributed by atoms with Crippen LogP contribution in [0.1, 0.15) is 10.4 Å². The number of hydrogen-bond donors (Lipinski definition) is 1. The van der Waals surface area contributed by atoms with E-state index in [9.17, 15) is 4.79 Å². The Morgan fingerprint density at radius 3 is 2.37 bits per heavy atom. The van der Waals surface area contributed by atoms with Gasteiger partial charge in [0.2, 0.25) is 0 Å². The standard InChI is InChI=1S/C13H8Br2ClNO2/c14-7-2-4-11(9(5-7)13(17)18)19-12-6-8(15)1-3-10(12)16/h1-6H,(H2,17,18). The molecular formula is C13H8Br2ClNO2. The van der Waals surface area contributed by atoms with Crippen LogP contribution in [0, 0.1) is 0 Å². The van der Waals surface area contributed by atoms with Crippen molar-refractivity contribution in [3.8, 4) is 11.5 Å². The highest BCUT2D eigenvalue weighted by Crippen LogP contribution is 2.34. The SMILES string of the molecule is NC(=O)c1cc(Br)ccc1Oc1cc(Br)ccc1Cl. The lowest BCUT2D eigenvalue weighted by Gasteiger charge is -2.11. The Morgan fingerprint density at radius 2 is 1.68 bits per heavy atom. The minimum atomic E-state index is -0.567. The third kappa shape index (κ3) is 3.49. The summed E-state index contributed by atoms with van der Waals surface area (Å²) in [6.07, 6.45) is 0. The van der Waals surface area contributed by atoms with E-state index in [-0.39, 0.29) is 5.56 Å². The summed E-state index contributed by atoms with van der Waals surface area (Å²) in [5.41, 5.74) is 5.61. The first-order chi connectivity index (χ1) is 8.97. The zero-order valence-electron chi connectivity index (χ0n) is 9.49. The van der Waals surface area contributed by atoms with E-state index in [4.69, 9.17) is 22.1 Å². The summed E-state index contributed by atoms with van der Waals surface area (Å²) in [6.45, 7) is 0. The minimum Gasteiger partial charge on any atom is -0.455 e. The molecule has 1 amide bonds. The number of halogens is 3. The molecule has 0 atom stereocenters.